The van der Waals surface area contributed by atoms with Crippen molar-refractivity contribution in [3.8, 4) is 0 Å². The average molecular weight is 378 g/mol. The number of unbranched alkanes of at least 4 members (excludes halogenated alkanes) is 1. The highest BCUT2D eigenvalue weighted by molar-refractivity contribution is 8.26. The van der Waals surface area contributed by atoms with Gasteiger partial charge in [-0.3, -0.25) is 9.69 Å². The molecular formula is C17H16NO5S2-. The minimum Gasteiger partial charge on any atom is -0.550 e. The van der Waals surface area contributed by atoms with E-state index in [0.717, 1.165) is 11.8 Å². The van der Waals surface area contributed by atoms with Gasteiger partial charge in [0.2, 0.25) is 0 Å². The van der Waals surface area contributed by atoms with Crippen molar-refractivity contribution >= 4 is 52.2 Å². The highest BCUT2D eigenvalue weighted by Gasteiger charge is 2.31. The third-order valence-electron chi connectivity index (χ3n) is 3.54. The van der Waals surface area contributed by atoms with Crippen LogP contribution in [0.4, 0.5) is 0 Å². The first-order valence-electron chi connectivity index (χ1n) is 7.56. The molecule has 6 nitrogen and oxygen atoms in total. The lowest BCUT2D eigenvalue weighted by molar-refractivity contribution is -0.305. The van der Waals surface area contributed by atoms with E-state index >= 15 is 0 Å². The van der Waals surface area contributed by atoms with Gasteiger partial charge in [0.15, 0.2) is 0 Å². The molecule has 0 spiro atoms. The van der Waals surface area contributed by atoms with Crippen LogP contribution < -0.4 is 5.11 Å². The second kappa shape index (κ2) is 8.77. The number of esters is 1. The second-order valence-corrected chi connectivity index (χ2v) is 6.92. The van der Waals surface area contributed by atoms with Gasteiger partial charge in [0.05, 0.1) is 17.6 Å². The molecule has 1 saturated heterocycles. The molecule has 0 N–H and O–H groups in total. The summed E-state index contributed by atoms with van der Waals surface area (Å²) in [5, 5.41) is 10.4. The molecule has 1 heterocycles. The molecule has 2 rings (SSSR count). The summed E-state index contributed by atoms with van der Waals surface area (Å²) in [6.07, 6.45) is 2.51. The number of benzene rings is 1. The van der Waals surface area contributed by atoms with Crippen molar-refractivity contribution in [1.82, 2.24) is 4.90 Å². The van der Waals surface area contributed by atoms with Gasteiger partial charge in [0, 0.05) is 12.5 Å². The Morgan fingerprint density at radius 3 is 2.72 bits per heavy atom. The molecule has 132 valence electrons. The third-order valence-corrected chi connectivity index (χ3v) is 4.92. The van der Waals surface area contributed by atoms with Crippen LogP contribution in [0.1, 0.15) is 35.2 Å². The number of carbonyl (C=O) groups is 3. The molecule has 8 heteroatoms. The highest BCUT2D eigenvalue weighted by atomic mass is 32.2. The Labute approximate surface area is 154 Å². The maximum Gasteiger partial charge on any atom is 0.338 e. The third kappa shape index (κ3) is 4.90. The number of ether oxygens (including phenoxy) is 1. The molecule has 25 heavy (non-hydrogen) atoms. The first-order chi connectivity index (χ1) is 11.9. The molecule has 1 amide bonds. The van der Waals surface area contributed by atoms with Gasteiger partial charge >= 0.3 is 5.97 Å². The molecule has 1 aromatic rings. The lowest BCUT2D eigenvalue weighted by Gasteiger charge is -2.14. The Kier molecular flexibility index (Phi) is 6.72. The van der Waals surface area contributed by atoms with Crippen LogP contribution in [0.15, 0.2) is 29.2 Å². The van der Waals surface area contributed by atoms with Crippen molar-refractivity contribution in [1.29, 1.82) is 0 Å². The van der Waals surface area contributed by atoms with Crippen molar-refractivity contribution in [3.63, 3.8) is 0 Å². The molecule has 1 fully saturated rings. The molecule has 1 aliphatic rings. The van der Waals surface area contributed by atoms with Crippen molar-refractivity contribution in [2.24, 2.45) is 0 Å². The maximum atomic E-state index is 12.5. The van der Waals surface area contributed by atoms with Crippen LogP contribution in [-0.2, 0) is 14.3 Å². The van der Waals surface area contributed by atoms with E-state index in [9.17, 15) is 19.5 Å². The van der Waals surface area contributed by atoms with Crippen molar-refractivity contribution in [2.45, 2.75) is 19.3 Å². The Hall–Kier alpha value is -2.19. The molecule has 0 bridgehead atoms. The fourth-order valence-electron chi connectivity index (χ4n) is 2.29. The van der Waals surface area contributed by atoms with Crippen molar-refractivity contribution < 1.29 is 24.2 Å². The fourth-order valence-corrected chi connectivity index (χ4v) is 3.59. The van der Waals surface area contributed by atoms with Crippen LogP contribution in [0.2, 0.25) is 0 Å². The number of aliphatic carboxylic acids is 1. The van der Waals surface area contributed by atoms with E-state index in [-0.39, 0.29) is 12.3 Å². The summed E-state index contributed by atoms with van der Waals surface area (Å²) in [7, 11) is 1.30. The number of rotatable bonds is 7. The zero-order valence-electron chi connectivity index (χ0n) is 13.5. The number of carboxylic acids is 1. The van der Waals surface area contributed by atoms with Gasteiger partial charge in [-0.1, -0.05) is 42.2 Å². The van der Waals surface area contributed by atoms with E-state index < -0.39 is 11.9 Å². The molecule has 0 aliphatic carbocycles. The monoisotopic (exact) mass is 378 g/mol. The average Bonchev–Trinajstić information content (AvgIpc) is 2.85. The maximum absolute atomic E-state index is 12.5. The van der Waals surface area contributed by atoms with Crippen molar-refractivity contribution in [3.05, 3.63) is 40.3 Å². The number of thioether (sulfide) groups is 1. The molecular weight excluding hydrogens is 362 g/mol. The first kappa shape index (κ1) is 19.1. The van der Waals surface area contributed by atoms with Gasteiger partial charge in [0.25, 0.3) is 5.91 Å². The Morgan fingerprint density at radius 2 is 2.04 bits per heavy atom. The van der Waals surface area contributed by atoms with Crippen LogP contribution in [0, 0.1) is 0 Å². The Balaban J connectivity index is 2.12. The normalized spacial score (nSPS) is 15.7. The zero-order valence-corrected chi connectivity index (χ0v) is 15.2. The van der Waals surface area contributed by atoms with Gasteiger partial charge < -0.3 is 14.6 Å². The van der Waals surface area contributed by atoms with Crippen LogP contribution in [0.5, 0.6) is 0 Å². The van der Waals surface area contributed by atoms with E-state index in [2.05, 4.69) is 0 Å². The van der Waals surface area contributed by atoms with E-state index in [1.165, 1.54) is 12.0 Å². The standard InChI is InChI=1S/C17H17NO5S2/c1-23-16(22)12-7-3-2-6-11(12)10-13-15(21)18(17(24)25-13)9-5-4-8-14(19)20/h2-3,6-7,10H,4-5,8-9H2,1H3,(H,19,20)/p-1/b13-10-. The van der Waals surface area contributed by atoms with E-state index in [4.69, 9.17) is 17.0 Å². The van der Waals surface area contributed by atoms with Gasteiger partial charge in [-0.2, -0.15) is 0 Å². The second-order valence-electron chi connectivity index (χ2n) is 5.24. The summed E-state index contributed by atoms with van der Waals surface area (Å²) in [6, 6.07) is 6.82. The highest BCUT2D eigenvalue weighted by Crippen LogP contribution is 2.33. The van der Waals surface area contributed by atoms with Crippen LogP contribution >= 0.6 is 24.0 Å². The first-order valence-corrected chi connectivity index (χ1v) is 8.79. The number of hydrogen-bond donors (Lipinski definition) is 0. The largest absolute Gasteiger partial charge is 0.550 e. The van der Waals surface area contributed by atoms with E-state index in [1.807, 2.05) is 0 Å². The quantitative estimate of drug-likeness (QED) is 0.308. The molecule has 0 atom stereocenters. The molecule has 0 unspecified atom stereocenters. The number of carbonyl (C=O) groups excluding carboxylic acids is 3. The number of nitrogens with zero attached hydrogens (tertiary/aromatic N) is 1. The summed E-state index contributed by atoms with van der Waals surface area (Å²) < 4.78 is 5.16. The molecule has 0 aromatic heterocycles. The van der Waals surface area contributed by atoms with Gasteiger partial charge in [-0.15, -0.1) is 0 Å². The fraction of sp³-hybridized carbons (Fsp3) is 0.294. The summed E-state index contributed by atoms with van der Waals surface area (Å²) in [4.78, 5) is 36.6. The minimum atomic E-state index is -1.11. The number of methoxy groups -OCH3 is 1. The molecule has 1 aliphatic heterocycles. The van der Waals surface area contributed by atoms with Gasteiger partial charge in [-0.05, 0) is 37.0 Å². The molecule has 0 radical (unpaired) electrons. The van der Waals surface area contributed by atoms with Crippen LogP contribution in [0.25, 0.3) is 6.08 Å². The summed E-state index contributed by atoms with van der Waals surface area (Å²) >= 11 is 6.38. The lowest BCUT2D eigenvalue weighted by atomic mass is 10.1. The number of carboxylic acid groups (broad SMARTS) is 1. The van der Waals surface area contributed by atoms with Crippen LogP contribution in [0.3, 0.4) is 0 Å². The predicted molar refractivity (Wildman–Crippen MR) is 96.5 cm³/mol. The SMILES string of the molecule is COC(=O)c1ccccc1/C=C1\SC(=S)N(CCCCC(=O)[O-])C1=O. The predicted octanol–water partition coefficient (Wildman–Crippen LogP) is 1.59. The summed E-state index contributed by atoms with van der Waals surface area (Å²) in [5.41, 5.74) is 0.941. The van der Waals surface area contributed by atoms with E-state index in [0.29, 0.717) is 39.7 Å². The zero-order chi connectivity index (χ0) is 18.4. The minimum absolute atomic E-state index is 0.0445. The molecule has 1 aromatic carbocycles. The lowest BCUT2D eigenvalue weighted by Crippen LogP contribution is -2.29. The Morgan fingerprint density at radius 1 is 1.32 bits per heavy atom. The van der Waals surface area contributed by atoms with E-state index in [1.54, 1.807) is 30.3 Å². The molecule has 0 saturated carbocycles. The van der Waals surface area contributed by atoms with Crippen LogP contribution in [-0.4, -0.2) is 40.7 Å². The number of amides is 1. The number of hydrogen-bond acceptors (Lipinski definition) is 7. The van der Waals surface area contributed by atoms with Crippen molar-refractivity contribution in [2.75, 3.05) is 13.7 Å². The Bertz CT molecular complexity index is 744. The smallest absolute Gasteiger partial charge is 0.338 e. The summed E-state index contributed by atoms with van der Waals surface area (Å²) in [5.74, 6) is -1.84. The van der Waals surface area contributed by atoms with Gasteiger partial charge in [-0.25, -0.2) is 4.79 Å². The number of thiocarbonyl (C=S) groups is 1. The summed E-state index contributed by atoms with van der Waals surface area (Å²) in [6.45, 7) is 0.355. The topological polar surface area (TPSA) is 86.7 Å². The van der Waals surface area contributed by atoms with Gasteiger partial charge in [0.1, 0.15) is 4.32 Å².